The van der Waals surface area contributed by atoms with E-state index in [1.165, 1.54) is 11.6 Å². The third kappa shape index (κ3) is 3.80. The Morgan fingerprint density at radius 2 is 1.89 bits per heavy atom. The van der Waals surface area contributed by atoms with Gasteiger partial charge in [-0.25, -0.2) is 4.39 Å². The molecule has 1 atom stereocenters. The summed E-state index contributed by atoms with van der Waals surface area (Å²) in [5.41, 5.74) is 7.37. The molecule has 19 heavy (non-hydrogen) atoms. The van der Waals surface area contributed by atoms with Crippen molar-refractivity contribution in [1.29, 1.82) is 0 Å². The van der Waals surface area contributed by atoms with E-state index in [4.69, 9.17) is 10.5 Å². The van der Waals surface area contributed by atoms with Crippen molar-refractivity contribution in [2.24, 2.45) is 5.73 Å². The zero-order chi connectivity index (χ0) is 13.7. The summed E-state index contributed by atoms with van der Waals surface area (Å²) in [5, 5.41) is 0. The lowest BCUT2D eigenvalue weighted by molar-refractivity contribution is 0.320. The Morgan fingerprint density at radius 3 is 2.53 bits per heavy atom. The lowest BCUT2D eigenvalue weighted by atomic mass is 10.1. The van der Waals surface area contributed by atoms with Gasteiger partial charge in [-0.05, 0) is 18.6 Å². The maximum atomic E-state index is 13.7. The minimum Gasteiger partial charge on any atom is -0.493 e. The Morgan fingerprint density at radius 1 is 1.16 bits per heavy atom. The average Bonchev–Trinajstić information content (AvgIpc) is 2.39. The van der Waals surface area contributed by atoms with Gasteiger partial charge in [-0.3, -0.25) is 0 Å². The van der Waals surface area contributed by atoms with Crippen molar-refractivity contribution in [2.45, 2.75) is 19.4 Å². The van der Waals surface area contributed by atoms with Gasteiger partial charge in [0.15, 0.2) is 0 Å². The topological polar surface area (TPSA) is 35.2 Å². The SMILES string of the molecule is C[C@@H](N)c1ccc(OCCc2ccccc2)cc1F. The standard InChI is InChI=1S/C16H18FNO/c1-12(18)15-8-7-14(11-16(15)17)19-10-9-13-5-3-2-4-6-13/h2-8,11-12H,9-10,18H2,1H3/t12-/m1/s1. The van der Waals surface area contributed by atoms with E-state index < -0.39 is 0 Å². The van der Waals surface area contributed by atoms with Gasteiger partial charge < -0.3 is 10.5 Å². The molecule has 2 aromatic carbocycles. The van der Waals surface area contributed by atoms with Gasteiger partial charge in [0, 0.05) is 24.1 Å². The van der Waals surface area contributed by atoms with Crippen molar-refractivity contribution in [3.05, 3.63) is 65.5 Å². The molecule has 2 nitrogen and oxygen atoms in total. The van der Waals surface area contributed by atoms with Crippen molar-refractivity contribution in [1.82, 2.24) is 0 Å². The van der Waals surface area contributed by atoms with Crippen LogP contribution in [0.1, 0.15) is 24.1 Å². The number of nitrogens with two attached hydrogens (primary N) is 1. The van der Waals surface area contributed by atoms with Gasteiger partial charge in [0.25, 0.3) is 0 Å². The lowest BCUT2D eigenvalue weighted by Gasteiger charge is -2.10. The third-order valence-electron chi connectivity index (χ3n) is 2.96. The molecule has 0 aliphatic carbocycles. The molecule has 0 unspecified atom stereocenters. The van der Waals surface area contributed by atoms with Gasteiger partial charge in [-0.2, -0.15) is 0 Å². The smallest absolute Gasteiger partial charge is 0.131 e. The summed E-state index contributed by atoms with van der Waals surface area (Å²) in [6.45, 7) is 2.29. The van der Waals surface area contributed by atoms with Crippen LogP contribution in [-0.2, 0) is 6.42 Å². The summed E-state index contributed by atoms with van der Waals surface area (Å²) in [4.78, 5) is 0. The van der Waals surface area contributed by atoms with Crippen LogP contribution in [0.25, 0.3) is 0 Å². The Kier molecular flexibility index (Phi) is 4.53. The molecular formula is C16H18FNO. The van der Waals surface area contributed by atoms with Gasteiger partial charge in [0.1, 0.15) is 11.6 Å². The highest BCUT2D eigenvalue weighted by atomic mass is 19.1. The maximum Gasteiger partial charge on any atom is 0.131 e. The fourth-order valence-corrected chi connectivity index (χ4v) is 1.90. The first-order valence-corrected chi connectivity index (χ1v) is 6.38. The molecule has 0 spiro atoms. The molecule has 3 heteroatoms. The summed E-state index contributed by atoms with van der Waals surface area (Å²) in [5.74, 6) is 0.227. The van der Waals surface area contributed by atoms with Crippen molar-refractivity contribution >= 4 is 0 Å². The Hall–Kier alpha value is -1.87. The molecule has 0 saturated carbocycles. The van der Waals surface area contributed by atoms with Gasteiger partial charge in [0.05, 0.1) is 6.61 Å². The highest BCUT2D eigenvalue weighted by Crippen LogP contribution is 2.20. The fourth-order valence-electron chi connectivity index (χ4n) is 1.90. The lowest BCUT2D eigenvalue weighted by Crippen LogP contribution is -2.08. The Bertz CT molecular complexity index is 526. The van der Waals surface area contributed by atoms with Crippen molar-refractivity contribution in [2.75, 3.05) is 6.61 Å². The summed E-state index contributed by atoms with van der Waals surface area (Å²) >= 11 is 0. The van der Waals surface area contributed by atoms with Crippen LogP contribution in [0.15, 0.2) is 48.5 Å². The summed E-state index contributed by atoms with van der Waals surface area (Å²) in [6, 6.07) is 14.6. The van der Waals surface area contributed by atoms with Gasteiger partial charge in [0.2, 0.25) is 0 Å². The van der Waals surface area contributed by atoms with E-state index >= 15 is 0 Å². The molecule has 2 aromatic rings. The number of hydrogen-bond acceptors (Lipinski definition) is 2. The monoisotopic (exact) mass is 259 g/mol. The van der Waals surface area contributed by atoms with Crippen LogP contribution < -0.4 is 10.5 Å². The van der Waals surface area contributed by atoms with Crippen LogP contribution in [0.3, 0.4) is 0 Å². The number of benzene rings is 2. The van der Waals surface area contributed by atoms with E-state index in [1.807, 2.05) is 30.3 Å². The van der Waals surface area contributed by atoms with E-state index in [9.17, 15) is 4.39 Å². The van der Waals surface area contributed by atoms with E-state index in [0.717, 1.165) is 6.42 Å². The largest absolute Gasteiger partial charge is 0.493 e. The Labute approximate surface area is 113 Å². The van der Waals surface area contributed by atoms with Crippen LogP contribution in [0.2, 0.25) is 0 Å². The van der Waals surface area contributed by atoms with Gasteiger partial charge in [-0.1, -0.05) is 36.4 Å². The van der Waals surface area contributed by atoms with E-state index in [2.05, 4.69) is 0 Å². The number of rotatable bonds is 5. The summed E-state index contributed by atoms with van der Waals surface area (Å²) in [7, 11) is 0. The van der Waals surface area contributed by atoms with E-state index in [0.29, 0.717) is 17.9 Å². The van der Waals surface area contributed by atoms with E-state index in [1.54, 1.807) is 19.1 Å². The molecule has 0 fully saturated rings. The predicted octanol–water partition coefficient (Wildman–Crippen LogP) is 3.47. The first-order valence-electron chi connectivity index (χ1n) is 6.38. The molecule has 0 aliphatic rings. The highest BCUT2D eigenvalue weighted by molar-refractivity contribution is 5.30. The minimum atomic E-state index is -0.313. The predicted molar refractivity (Wildman–Crippen MR) is 74.6 cm³/mol. The highest BCUT2D eigenvalue weighted by Gasteiger charge is 2.07. The zero-order valence-electron chi connectivity index (χ0n) is 11.0. The van der Waals surface area contributed by atoms with Crippen molar-refractivity contribution < 1.29 is 9.13 Å². The number of ether oxygens (including phenoxy) is 1. The maximum absolute atomic E-state index is 13.7. The first kappa shape index (κ1) is 13.6. The van der Waals surface area contributed by atoms with Crippen LogP contribution in [0.5, 0.6) is 5.75 Å². The molecule has 0 saturated heterocycles. The molecule has 2 N–H and O–H groups in total. The molecule has 0 amide bonds. The van der Waals surface area contributed by atoms with Crippen molar-refractivity contribution in [3.63, 3.8) is 0 Å². The molecule has 0 radical (unpaired) electrons. The zero-order valence-corrected chi connectivity index (χ0v) is 11.0. The molecule has 2 rings (SSSR count). The van der Waals surface area contributed by atoms with Crippen LogP contribution in [0, 0.1) is 5.82 Å². The fraction of sp³-hybridized carbons (Fsp3) is 0.250. The van der Waals surface area contributed by atoms with Crippen LogP contribution in [-0.4, -0.2) is 6.61 Å². The normalized spacial score (nSPS) is 12.2. The molecular weight excluding hydrogens is 241 g/mol. The number of hydrogen-bond donors (Lipinski definition) is 1. The third-order valence-corrected chi connectivity index (χ3v) is 2.96. The van der Waals surface area contributed by atoms with E-state index in [-0.39, 0.29) is 11.9 Å². The second kappa shape index (κ2) is 6.34. The second-order valence-corrected chi connectivity index (χ2v) is 4.56. The molecule has 0 aromatic heterocycles. The Balaban J connectivity index is 1.92. The summed E-state index contributed by atoms with van der Waals surface area (Å²) < 4.78 is 19.2. The molecule has 0 heterocycles. The number of halogens is 1. The quantitative estimate of drug-likeness (QED) is 0.892. The van der Waals surface area contributed by atoms with Crippen LogP contribution >= 0.6 is 0 Å². The minimum absolute atomic E-state index is 0.307. The molecule has 0 bridgehead atoms. The second-order valence-electron chi connectivity index (χ2n) is 4.56. The average molecular weight is 259 g/mol. The van der Waals surface area contributed by atoms with Crippen LogP contribution in [0.4, 0.5) is 4.39 Å². The molecule has 100 valence electrons. The van der Waals surface area contributed by atoms with Gasteiger partial charge >= 0.3 is 0 Å². The molecule has 0 aliphatic heterocycles. The van der Waals surface area contributed by atoms with Crippen molar-refractivity contribution in [3.8, 4) is 5.75 Å². The van der Waals surface area contributed by atoms with Gasteiger partial charge in [-0.15, -0.1) is 0 Å². The first-order chi connectivity index (χ1) is 9.16. The summed E-state index contributed by atoms with van der Waals surface area (Å²) in [6.07, 6.45) is 0.803.